The van der Waals surface area contributed by atoms with Crippen LogP contribution >= 0.6 is 35.7 Å². The van der Waals surface area contributed by atoms with Crippen molar-refractivity contribution in [3.05, 3.63) is 42.5 Å². The van der Waals surface area contributed by atoms with Gasteiger partial charge in [0.1, 0.15) is 12.2 Å². The monoisotopic (exact) mass is 474 g/mol. The molecular formula is C17H27IN6S. The maximum absolute atomic E-state index is 4.25. The van der Waals surface area contributed by atoms with E-state index in [1.807, 2.05) is 17.8 Å². The number of aryl methyl sites for hydroxylation is 1. The number of hydrogen-bond donors (Lipinski definition) is 2. The van der Waals surface area contributed by atoms with Crippen LogP contribution in [0.1, 0.15) is 19.2 Å². The summed E-state index contributed by atoms with van der Waals surface area (Å²) in [6.07, 6.45) is 3.76. The molecule has 1 heterocycles. The average Bonchev–Trinajstić information content (AvgIpc) is 3.08. The Hall–Kier alpha value is -1.29. The number of guanidine groups is 1. The van der Waals surface area contributed by atoms with Gasteiger partial charge >= 0.3 is 0 Å². The van der Waals surface area contributed by atoms with Crippen LogP contribution in [0.3, 0.4) is 0 Å². The standard InChI is InChI=1S/C17H26N6S.HI/c1-3-16-22-21-14-23(16)12-11-20-17(18-2)19-10-7-13-24-15-8-5-4-6-9-15;/h4-6,8-9,14H,3,7,10-13H2,1-2H3,(H2,18,19,20);1H. The van der Waals surface area contributed by atoms with Gasteiger partial charge in [-0.25, -0.2) is 0 Å². The van der Waals surface area contributed by atoms with Crippen LogP contribution in [0.15, 0.2) is 46.5 Å². The van der Waals surface area contributed by atoms with Crippen molar-refractivity contribution in [1.29, 1.82) is 0 Å². The van der Waals surface area contributed by atoms with Crippen LogP contribution in [0.4, 0.5) is 0 Å². The fourth-order valence-corrected chi connectivity index (χ4v) is 3.11. The zero-order chi connectivity index (χ0) is 17.0. The van der Waals surface area contributed by atoms with E-state index in [0.717, 1.165) is 50.0 Å². The number of aliphatic imine (C=N–C) groups is 1. The fraction of sp³-hybridized carbons (Fsp3) is 0.471. The van der Waals surface area contributed by atoms with Crippen molar-refractivity contribution in [3.63, 3.8) is 0 Å². The SMILES string of the molecule is CCc1nncn1CCNC(=NC)NCCCSc1ccccc1.I. The lowest BCUT2D eigenvalue weighted by Crippen LogP contribution is -2.39. The molecule has 0 aliphatic heterocycles. The van der Waals surface area contributed by atoms with E-state index in [9.17, 15) is 0 Å². The first-order valence-corrected chi connectivity index (χ1v) is 9.31. The Bertz CT molecular complexity index is 617. The largest absolute Gasteiger partial charge is 0.356 e. The highest BCUT2D eigenvalue weighted by Gasteiger charge is 2.02. The molecule has 1 aromatic carbocycles. The van der Waals surface area contributed by atoms with Gasteiger partial charge in [0, 0.05) is 38.0 Å². The summed E-state index contributed by atoms with van der Waals surface area (Å²) in [7, 11) is 1.80. The lowest BCUT2D eigenvalue weighted by atomic mass is 10.4. The summed E-state index contributed by atoms with van der Waals surface area (Å²) in [6.45, 7) is 4.62. The Labute approximate surface area is 171 Å². The number of rotatable bonds is 9. The van der Waals surface area contributed by atoms with Gasteiger partial charge in [-0.05, 0) is 24.3 Å². The minimum atomic E-state index is 0. The van der Waals surface area contributed by atoms with Crippen LogP contribution in [-0.2, 0) is 13.0 Å². The first-order valence-electron chi connectivity index (χ1n) is 8.32. The lowest BCUT2D eigenvalue weighted by molar-refractivity contribution is 0.632. The Morgan fingerprint density at radius 2 is 1.96 bits per heavy atom. The van der Waals surface area contributed by atoms with Crippen molar-refractivity contribution in [3.8, 4) is 0 Å². The third kappa shape index (κ3) is 8.08. The second-order valence-electron chi connectivity index (χ2n) is 5.23. The molecule has 0 radical (unpaired) electrons. The smallest absolute Gasteiger partial charge is 0.191 e. The van der Waals surface area contributed by atoms with Gasteiger partial charge in [-0.3, -0.25) is 4.99 Å². The van der Waals surface area contributed by atoms with Crippen molar-refractivity contribution in [1.82, 2.24) is 25.4 Å². The van der Waals surface area contributed by atoms with E-state index in [1.54, 1.807) is 13.4 Å². The molecule has 0 saturated heterocycles. The number of aromatic nitrogens is 3. The van der Waals surface area contributed by atoms with Crippen molar-refractivity contribution < 1.29 is 0 Å². The van der Waals surface area contributed by atoms with Crippen LogP contribution in [0.2, 0.25) is 0 Å². The van der Waals surface area contributed by atoms with Crippen LogP contribution in [0, 0.1) is 0 Å². The number of hydrogen-bond acceptors (Lipinski definition) is 4. The normalized spacial score (nSPS) is 11.0. The zero-order valence-corrected chi connectivity index (χ0v) is 18.0. The molecule has 138 valence electrons. The summed E-state index contributed by atoms with van der Waals surface area (Å²) in [4.78, 5) is 5.57. The van der Waals surface area contributed by atoms with Gasteiger partial charge in [0.15, 0.2) is 5.96 Å². The predicted octanol–water partition coefficient (Wildman–Crippen LogP) is 2.81. The van der Waals surface area contributed by atoms with Gasteiger partial charge in [0.25, 0.3) is 0 Å². The van der Waals surface area contributed by atoms with Gasteiger partial charge in [-0.15, -0.1) is 45.9 Å². The highest BCUT2D eigenvalue weighted by Crippen LogP contribution is 2.17. The second-order valence-corrected chi connectivity index (χ2v) is 6.40. The molecule has 0 saturated carbocycles. The van der Waals surface area contributed by atoms with Crippen LogP contribution in [0.5, 0.6) is 0 Å². The van der Waals surface area contributed by atoms with Crippen molar-refractivity contribution >= 4 is 41.7 Å². The van der Waals surface area contributed by atoms with Crippen molar-refractivity contribution in [2.45, 2.75) is 31.2 Å². The Morgan fingerprint density at radius 3 is 2.68 bits per heavy atom. The van der Waals surface area contributed by atoms with E-state index in [1.165, 1.54) is 4.90 Å². The number of halogens is 1. The summed E-state index contributed by atoms with van der Waals surface area (Å²) in [5.41, 5.74) is 0. The first-order chi connectivity index (χ1) is 11.8. The average molecular weight is 474 g/mol. The van der Waals surface area contributed by atoms with E-state index in [-0.39, 0.29) is 24.0 Å². The molecule has 0 aliphatic carbocycles. The van der Waals surface area contributed by atoms with E-state index in [0.29, 0.717) is 0 Å². The van der Waals surface area contributed by atoms with Gasteiger partial charge < -0.3 is 15.2 Å². The summed E-state index contributed by atoms with van der Waals surface area (Å²) in [5, 5.41) is 14.7. The summed E-state index contributed by atoms with van der Waals surface area (Å²) in [6, 6.07) is 10.5. The molecule has 0 fully saturated rings. The number of benzene rings is 1. The molecule has 0 unspecified atom stereocenters. The molecule has 0 bridgehead atoms. The lowest BCUT2D eigenvalue weighted by Gasteiger charge is -2.12. The van der Waals surface area contributed by atoms with Crippen LogP contribution in [-0.4, -0.2) is 46.6 Å². The van der Waals surface area contributed by atoms with Crippen molar-refractivity contribution in [2.75, 3.05) is 25.9 Å². The fourth-order valence-electron chi connectivity index (χ4n) is 2.24. The molecule has 6 nitrogen and oxygen atoms in total. The highest BCUT2D eigenvalue weighted by atomic mass is 127. The van der Waals surface area contributed by atoms with Gasteiger partial charge in [-0.1, -0.05) is 25.1 Å². The molecule has 25 heavy (non-hydrogen) atoms. The molecule has 0 spiro atoms. The molecular weight excluding hydrogens is 447 g/mol. The Morgan fingerprint density at radius 1 is 1.20 bits per heavy atom. The molecule has 1 aromatic heterocycles. The minimum Gasteiger partial charge on any atom is -0.356 e. The quantitative estimate of drug-likeness (QED) is 0.192. The predicted molar refractivity (Wildman–Crippen MR) is 116 cm³/mol. The van der Waals surface area contributed by atoms with Crippen LogP contribution < -0.4 is 10.6 Å². The van der Waals surface area contributed by atoms with E-state index >= 15 is 0 Å². The van der Waals surface area contributed by atoms with Crippen molar-refractivity contribution in [2.24, 2.45) is 4.99 Å². The van der Waals surface area contributed by atoms with Gasteiger partial charge in [0.2, 0.25) is 0 Å². The molecule has 0 amide bonds. The molecule has 0 atom stereocenters. The number of nitrogens with one attached hydrogen (secondary N) is 2. The summed E-state index contributed by atoms with van der Waals surface area (Å²) in [5.74, 6) is 2.94. The number of nitrogens with zero attached hydrogens (tertiary/aromatic N) is 4. The van der Waals surface area contributed by atoms with E-state index in [4.69, 9.17) is 0 Å². The first kappa shape index (κ1) is 21.8. The molecule has 8 heteroatoms. The Kier molecular flexibility index (Phi) is 11.3. The summed E-state index contributed by atoms with van der Waals surface area (Å²) >= 11 is 1.88. The molecule has 2 aromatic rings. The van der Waals surface area contributed by atoms with E-state index < -0.39 is 0 Å². The van der Waals surface area contributed by atoms with Gasteiger partial charge in [-0.2, -0.15) is 0 Å². The molecule has 2 N–H and O–H groups in total. The van der Waals surface area contributed by atoms with Gasteiger partial charge in [0.05, 0.1) is 0 Å². The van der Waals surface area contributed by atoms with Crippen LogP contribution in [0.25, 0.3) is 0 Å². The number of thioether (sulfide) groups is 1. The van der Waals surface area contributed by atoms with E-state index in [2.05, 4.69) is 61.6 Å². The minimum absolute atomic E-state index is 0. The second kappa shape index (κ2) is 13.0. The highest BCUT2D eigenvalue weighted by molar-refractivity contribution is 14.0. The molecule has 2 rings (SSSR count). The molecule has 0 aliphatic rings. The summed E-state index contributed by atoms with van der Waals surface area (Å²) < 4.78 is 2.07. The maximum atomic E-state index is 4.25. The maximum Gasteiger partial charge on any atom is 0.191 e. The zero-order valence-electron chi connectivity index (χ0n) is 14.8. The topological polar surface area (TPSA) is 67.1 Å². The third-order valence-electron chi connectivity index (χ3n) is 3.51. The third-order valence-corrected chi connectivity index (χ3v) is 4.60. The Balaban J connectivity index is 0.00000312.